The van der Waals surface area contributed by atoms with Crippen molar-refractivity contribution in [1.29, 1.82) is 0 Å². The molecule has 0 aliphatic carbocycles. The van der Waals surface area contributed by atoms with Gasteiger partial charge >= 0.3 is 0 Å². The van der Waals surface area contributed by atoms with Gasteiger partial charge in [0.25, 0.3) is 11.8 Å². The summed E-state index contributed by atoms with van der Waals surface area (Å²) in [5.74, 6) is -0.654. The molecule has 198 valence electrons. The van der Waals surface area contributed by atoms with Gasteiger partial charge in [0.1, 0.15) is 11.4 Å². The SMILES string of the molecule is O=C(c1cccc(C(=O)N(Cc2ccccn2)Cc2ccccn2)n1)N(Cc1ccccn1)Cc1ccccn1. The van der Waals surface area contributed by atoms with Crippen LogP contribution in [0.4, 0.5) is 0 Å². The summed E-state index contributed by atoms with van der Waals surface area (Å²) in [7, 11) is 0. The van der Waals surface area contributed by atoms with Crippen LogP contribution >= 0.6 is 0 Å². The molecule has 5 rings (SSSR count). The Morgan fingerprint density at radius 1 is 0.450 bits per heavy atom. The molecule has 0 radical (unpaired) electrons. The maximum atomic E-state index is 13.7. The normalized spacial score (nSPS) is 10.6. The zero-order valence-corrected chi connectivity index (χ0v) is 21.7. The summed E-state index contributed by atoms with van der Waals surface area (Å²) in [5.41, 5.74) is 3.25. The lowest BCUT2D eigenvalue weighted by Gasteiger charge is -2.23. The molecule has 5 aromatic heterocycles. The third-order valence-electron chi connectivity index (χ3n) is 6.08. The first-order valence-corrected chi connectivity index (χ1v) is 12.8. The highest BCUT2D eigenvalue weighted by Gasteiger charge is 2.23. The quantitative estimate of drug-likeness (QED) is 0.265. The first-order valence-electron chi connectivity index (χ1n) is 12.8. The molecule has 0 aliphatic heterocycles. The van der Waals surface area contributed by atoms with Crippen molar-refractivity contribution in [1.82, 2.24) is 34.7 Å². The monoisotopic (exact) mass is 529 g/mol. The Labute approximate surface area is 232 Å². The minimum Gasteiger partial charge on any atom is -0.326 e. The topological polar surface area (TPSA) is 105 Å². The van der Waals surface area contributed by atoms with E-state index in [9.17, 15) is 9.59 Å². The van der Waals surface area contributed by atoms with Crippen molar-refractivity contribution in [3.05, 3.63) is 150 Å². The fourth-order valence-electron chi connectivity index (χ4n) is 4.14. The molecular formula is C31H27N7O2. The van der Waals surface area contributed by atoms with Gasteiger partial charge in [-0.25, -0.2) is 4.98 Å². The van der Waals surface area contributed by atoms with Crippen LogP contribution in [0, 0.1) is 0 Å². The molecule has 5 aromatic rings. The number of hydrogen-bond donors (Lipinski definition) is 0. The van der Waals surface area contributed by atoms with Crippen LogP contribution in [-0.4, -0.2) is 46.5 Å². The maximum absolute atomic E-state index is 13.7. The van der Waals surface area contributed by atoms with Gasteiger partial charge in [-0.15, -0.1) is 0 Å². The maximum Gasteiger partial charge on any atom is 0.273 e. The lowest BCUT2D eigenvalue weighted by atomic mass is 10.2. The first kappa shape index (κ1) is 26.3. The number of amides is 2. The lowest BCUT2D eigenvalue weighted by molar-refractivity contribution is 0.0711. The number of hydrogen-bond acceptors (Lipinski definition) is 7. The van der Waals surface area contributed by atoms with Crippen molar-refractivity contribution in [2.75, 3.05) is 0 Å². The highest BCUT2D eigenvalue weighted by molar-refractivity contribution is 5.96. The molecule has 0 aliphatic rings. The van der Waals surface area contributed by atoms with Gasteiger partial charge in [0.15, 0.2) is 0 Å². The molecule has 0 aromatic carbocycles. The van der Waals surface area contributed by atoms with E-state index in [1.54, 1.807) is 52.8 Å². The Hall–Kier alpha value is -5.31. The van der Waals surface area contributed by atoms with E-state index in [4.69, 9.17) is 0 Å². The average Bonchev–Trinajstić information content (AvgIpc) is 3.02. The summed E-state index contributed by atoms with van der Waals surface area (Å²) < 4.78 is 0. The van der Waals surface area contributed by atoms with Crippen molar-refractivity contribution < 1.29 is 9.59 Å². The van der Waals surface area contributed by atoms with Crippen molar-refractivity contribution in [3.8, 4) is 0 Å². The number of aromatic nitrogens is 5. The van der Waals surface area contributed by atoms with Gasteiger partial charge in [0, 0.05) is 24.8 Å². The van der Waals surface area contributed by atoms with E-state index in [2.05, 4.69) is 24.9 Å². The number of carbonyl (C=O) groups is 2. The minimum atomic E-state index is -0.327. The standard InChI is InChI=1S/C31H27N7O2/c39-30(37(20-24-10-1-5-16-32-24)21-25-11-2-6-17-33-25)28-14-9-15-29(36-28)31(40)38(22-26-12-3-7-18-34-26)23-27-13-4-8-19-35-27/h1-19H,20-23H2. The highest BCUT2D eigenvalue weighted by atomic mass is 16.2. The fraction of sp³-hybridized carbons (Fsp3) is 0.129. The molecule has 0 fully saturated rings. The first-order chi connectivity index (χ1) is 19.7. The van der Waals surface area contributed by atoms with E-state index >= 15 is 0 Å². The summed E-state index contributed by atoms with van der Waals surface area (Å²) in [6, 6.07) is 27.2. The Morgan fingerprint density at radius 2 is 0.775 bits per heavy atom. The third kappa shape index (κ3) is 6.96. The Morgan fingerprint density at radius 3 is 1.05 bits per heavy atom. The van der Waals surface area contributed by atoms with Gasteiger partial charge in [-0.1, -0.05) is 30.3 Å². The van der Waals surface area contributed by atoms with E-state index in [1.807, 2.05) is 72.8 Å². The minimum absolute atomic E-state index is 0.160. The van der Waals surface area contributed by atoms with Crippen LogP contribution in [0.1, 0.15) is 43.8 Å². The summed E-state index contributed by atoms with van der Waals surface area (Å²) in [6.45, 7) is 1.06. The van der Waals surface area contributed by atoms with E-state index in [0.717, 1.165) is 22.8 Å². The smallest absolute Gasteiger partial charge is 0.273 e. The molecule has 0 unspecified atom stereocenters. The van der Waals surface area contributed by atoms with Gasteiger partial charge in [0.2, 0.25) is 0 Å². The van der Waals surface area contributed by atoms with Crippen LogP contribution < -0.4 is 0 Å². The molecule has 0 bridgehead atoms. The van der Waals surface area contributed by atoms with E-state index < -0.39 is 0 Å². The second-order valence-corrected chi connectivity index (χ2v) is 9.01. The Bertz CT molecular complexity index is 1340. The fourth-order valence-corrected chi connectivity index (χ4v) is 4.14. The molecule has 0 saturated carbocycles. The molecule has 40 heavy (non-hydrogen) atoms. The van der Waals surface area contributed by atoms with Gasteiger partial charge in [0.05, 0.1) is 49.0 Å². The summed E-state index contributed by atoms with van der Waals surface area (Å²) in [5, 5.41) is 0. The number of rotatable bonds is 10. The molecule has 9 heteroatoms. The molecular weight excluding hydrogens is 502 g/mol. The molecule has 0 saturated heterocycles. The predicted octanol–water partition coefficient (Wildman–Crippen LogP) is 4.35. The van der Waals surface area contributed by atoms with Crippen LogP contribution in [-0.2, 0) is 26.2 Å². The van der Waals surface area contributed by atoms with Crippen molar-refractivity contribution in [3.63, 3.8) is 0 Å². The van der Waals surface area contributed by atoms with Crippen molar-refractivity contribution in [2.24, 2.45) is 0 Å². The Kier molecular flexibility index (Phi) is 8.53. The van der Waals surface area contributed by atoms with Gasteiger partial charge in [-0.3, -0.25) is 29.5 Å². The third-order valence-corrected chi connectivity index (χ3v) is 6.08. The van der Waals surface area contributed by atoms with Crippen LogP contribution in [0.2, 0.25) is 0 Å². The largest absolute Gasteiger partial charge is 0.326 e. The zero-order chi connectivity index (χ0) is 27.6. The average molecular weight is 530 g/mol. The van der Waals surface area contributed by atoms with Crippen LogP contribution in [0.5, 0.6) is 0 Å². The molecule has 0 atom stereocenters. The number of pyridine rings is 5. The van der Waals surface area contributed by atoms with Gasteiger partial charge in [-0.2, -0.15) is 0 Å². The second kappa shape index (κ2) is 13.0. The van der Waals surface area contributed by atoms with Crippen LogP contribution in [0.15, 0.2) is 116 Å². The molecule has 2 amide bonds. The molecule has 9 nitrogen and oxygen atoms in total. The predicted molar refractivity (Wildman–Crippen MR) is 148 cm³/mol. The highest BCUT2D eigenvalue weighted by Crippen LogP contribution is 2.15. The number of carbonyl (C=O) groups excluding carboxylic acids is 2. The van der Waals surface area contributed by atoms with E-state index in [0.29, 0.717) is 0 Å². The van der Waals surface area contributed by atoms with Crippen molar-refractivity contribution >= 4 is 11.8 Å². The Balaban J connectivity index is 1.41. The summed E-state index contributed by atoms with van der Waals surface area (Å²) in [4.78, 5) is 52.8. The van der Waals surface area contributed by atoms with Crippen LogP contribution in [0.25, 0.3) is 0 Å². The summed E-state index contributed by atoms with van der Waals surface area (Å²) in [6.07, 6.45) is 6.75. The van der Waals surface area contributed by atoms with E-state index in [1.165, 1.54) is 0 Å². The van der Waals surface area contributed by atoms with Crippen molar-refractivity contribution in [2.45, 2.75) is 26.2 Å². The van der Waals surface area contributed by atoms with Crippen LogP contribution in [0.3, 0.4) is 0 Å². The number of nitrogens with zero attached hydrogens (tertiary/aromatic N) is 7. The van der Waals surface area contributed by atoms with E-state index in [-0.39, 0.29) is 49.4 Å². The molecule has 5 heterocycles. The summed E-state index contributed by atoms with van der Waals surface area (Å²) >= 11 is 0. The van der Waals surface area contributed by atoms with Gasteiger partial charge < -0.3 is 9.80 Å². The lowest BCUT2D eigenvalue weighted by Crippen LogP contribution is -2.33. The zero-order valence-electron chi connectivity index (χ0n) is 21.7. The molecule has 0 spiro atoms. The van der Waals surface area contributed by atoms with Gasteiger partial charge in [-0.05, 0) is 60.7 Å². The molecule has 0 N–H and O–H groups in total. The second-order valence-electron chi connectivity index (χ2n) is 9.01.